The molecule has 1 saturated carbocycles. The minimum absolute atomic E-state index is 0.375. The number of aryl methyl sites for hydroxylation is 1. The van der Waals surface area contributed by atoms with E-state index in [4.69, 9.17) is 9.72 Å². The van der Waals surface area contributed by atoms with Crippen LogP contribution in [0.2, 0.25) is 0 Å². The first-order valence-electron chi connectivity index (χ1n) is 9.41. The number of fused-ring (bicyclic) bond motifs is 1. The lowest BCUT2D eigenvalue weighted by atomic mass is 10.1. The Kier molecular flexibility index (Phi) is 4.32. The highest BCUT2D eigenvalue weighted by Gasteiger charge is 2.43. The van der Waals surface area contributed by atoms with Crippen LogP contribution >= 0.6 is 15.9 Å². The van der Waals surface area contributed by atoms with E-state index >= 15 is 0 Å². The van der Waals surface area contributed by atoms with Crippen LogP contribution < -0.4 is 4.90 Å². The van der Waals surface area contributed by atoms with Gasteiger partial charge in [-0.25, -0.2) is 9.97 Å². The topological polar surface area (TPSA) is 51.1 Å². The monoisotopic (exact) mass is 424 g/mol. The average Bonchev–Trinajstić information content (AvgIpc) is 3.48. The number of anilines is 1. The highest BCUT2D eigenvalue weighted by molar-refractivity contribution is 9.10. The Hall–Kier alpha value is -2.05. The molecule has 2 fully saturated rings. The van der Waals surface area contributed by atoms with Gasteiger partial charge in [-0.1, -0.05) is 15.9 Å². The summed E-state index contributed by atoms with van der Waals surface area (Å²) < 4.78 is 6.60. The Morgan fingerprint density at radius 2 is 1.93 bits per heavy atom. The molecule has 0 amide bonds. The summed E-state index contributed by atoms with van der Waals surface area (Å²) >= 11 is 3.59. The van der Waals surface area contributed by atoms with Gasteiger partial charge in [0, 0.05) is 58.1 Å². The fourth-order valence-electron chi connectivity index (χ4n) is 3.91. The number of ether oxygens (including phenoxy) is 1. The van der Waals surface area contributed by atoms with E-state index in [1.165, 1.54) is 11.1 Å². The van der Waals surface area contributed by atoms with Gasteiger partial charge in [0.15, 0.2) is 0 Å². The van der Waals surface area contributed by atoms with E-state index in [0.717, 1.165) is 59.9 Å². The van der Waals surface area contributed by atoms with Crippen LogP contribution in [-0.4, -0.2) is 41.3 Å². The molecule has 6 heteroatoms. The Labute approximate surface area is 166 Å². The fourth-order valence-corrected chi connectivity index (χ4v) is 4.26. The van der Waals surface area contributed by atoms with Crippen molar-refractivity contribution < 1.29 is 4.74 Å². The first kappa shape index (κ1) is 17.1. The van der Waals surface area contributed by atoms with Gasteiger partial charge in [0.1, 0.15) is 5.82 Å². The van der Waals surface area contributed by atoms with Crippen LogP contribution in [0.4, 0.5) is 5.69 Å². The van der Waals surface area contributed by atoms with Crippen molar-refractivity contribution in [3.8, 4) is 0 Å². The Morgan fingerprint density at radius 1 is 1.07 bits per heavy atom. The molecule has 3 heterocycles. The highest BCUT2D eigenvalue weighted by atomic mass is 79.9. The molecule has 1 aromatic carbocycles. The molecule has 2 atom stereocenters. The molecular formula is C21H21BrN4O. The van der Waals surface area contributed by atoms with Gasteiger partial charge in [0.25, 0.3) is 0 Å². The van der Waals surface area contributed by atoms with E-state index in [2.05, 4.69) is 55.1 Å². The zero-order chi connectivity index (χ0) is 18.4. The normalized spacial score (nSPS) is 22.2. The summed E-state index contributed by atoms with van der Waals surface area (Å²) in [6.45, 7) is 5.41. The van der Waals surface area contributed by atoms with Crippen LogP contribution in [-0.2, 0) is 4.74 Å². The fraction of sp³-hybridized carbons (Fsp3) is 0.381. The van der Waals surface area contributed by atoms with Crippen LogP contribution in [0.5, 0.6) is 0 Å². The van der Waals surface area contributed by atoms with E-state index in [1.54, 1.807) is 0 Å². The number of pyridine rings is 1. The molecule has 0 bridgehead atoms. The molecule has 0 N–H and O–H groups in total. The maximum Gasteiger partial charge on any atom is 0.132 e. The summed E-state index contributed by atoms with van der Waals surface area (Å²) in [6.07, 6.45) is 2.93. The van der Waals surface area contributed by atoms with E-state index < -0.39 is 0 Å². The molecule has 0 spiro atoms. The Balaban J connectivity index is 1.55. The molecule has 5 rings (SSSR count). The molecule has 1 saturated heterocycles. The number of halogens is 1. The molecule has 2 aliphatic rings. The Morgan fingerprint density at radius 3 is 2.74 bits per heavy atom. The van der Waals surface area contributed by atoms with Crippen LogP contribution in [0.15, 0.2) is 41.0 Å². The molecular weight excluding hydrogens is 404 g/mol. The predicted molar refractivity (Wildman–Crippen MR) is 109 cm³/mol. The quantitative estimate of drug-likeness (QED) is 0.630. The van der Waals surface area contributed by atoms with Crippen molar-refractivity contribution in [2.24, 2.45) is 0 Å². The van der Waals surface area contributed by atoms with Crippen molar-refractivity contribution in [1.29, 1.82) is 0 Å². The van der Waals surface area contributed by atoms with Crippen LogP contribution in [0.25, 0.3) is 10.9 Å². The van der Waals surface area contributed by atoms with E-state index in [0.29, 0.717) is 11.8 Å². The van der Waals surface area contributed by atoms with Crippen molar-refractivity contribution in [1.82, 2.24) is 15.0 Å². The minimum atomic E-state index is 0.375. The van der Waals surface area contributed by atoms with E-state index in [-0.39, 0.29) is 0 Å². The third kappa shape index (κ3) is 3.32. The van der Waals surface area contributed by atoms with Crippen molar-refractivity contribution >= 4 is 32.5 Å². The van der Waals surface area contributed by atoms with E-state index in [1.807, 2.05) is 19.2 Å². The summed E-state index contributed by atoms with van der Waals surface area (Å²) in [5.74, 6) is 1.72. The molecule has 138 valence electrons. The van der Waals surface area contributed by atoms with Crippen molar-refractivity contribution in [2.75, 3.05) is 31.2 Å². The molecule has 3 aromatic rings. The predicted octanol–water partition coefficient (Wildman–Crippen LogP) is 4.20. The van der Waals surface area contributed by atoms with Gasteiger partial charge >= 0.3 is 0 Å². The van der Waals surface area contributed by atoms with Crippen LogP contribution in [0.1, 0.15) is 35.5 Å². The number of nitrogens with zero attached hydrogens (tertiary/aromatic N) is 4. The summed E-state index contributed by atoms with van der Waals surface area (Å²) in [6, 6.07) is 10.6. The SMILES string of the molecule is Cc1ccnc([C@H]2C[C@@H]2c2cc(N3CCOCC3)c3ccc(Br)cc3n2)n1. The molecule has 5 nitrogen and oxygen atoms in total. The standard InChI is InChI=1S/C21H21BrN4O/c1-13-4-5-23-21(24-13)17-11-16(17)19-12-20(26-6-8-27-9-7-26)15-3-2-14(22)10-18(15)25-19/h2-5,10,12,16-17H,6-9,11H2,1H3/t16-,17-/m0/s1. The second kappa shape index (κ2) is 6.84. The minimum Gasteiger partial charge on any atom is -0.378 e. The van der Waals surface area contributed by atoms with Crippen molar-refractivity contribution in [3.63, 3.8) is 0 Å². The molecule has 27 heavy (non-hydrogen) atoms. The number of hydrogen-bond acceptors (Lipinski definition) is 5. The first-order valence-corrected chi connectivity index (χ1v) is 10.2. The van der Waals surface area contributed by atoms with Crippen LogP contribution in [0, 0.1) is 6.92 Å². The zero-order valence-electron chi connectivity index (χ0n) is 15.2. The van der Waals surface area contributed by atoms with Gasteiger partial charge in [-0.2, -0.15) is 0 Å². The number of hydrogen-bond donors (Lipinski definition) is 0. The third-order valence-corrected chi connectivity index (χ3v) is 5.93. The Bertz CT molecular complexity index is 1000. The average molecular weight is 425 g/mol. The smallest absolute Gasteiger partial charge is 0.132 e. The lowest BCUT2D eigenvalue weighted by molar-refractivity contribution is 0.123. The highest BCUT2D eigenvalue weighted by Crippen LogP contribution is 2.53. The maximum absolute atomic E-state index is 5.55. The largest absolute Gasteiger partial charge is 0.378 e. The van der Waals surface area contributed by atoms with Gasteiger partial charge in [-0.05, 0) is 43.7 Å². The summed E-state index contributed by atoms with van der Waals surface area (Å²) in [5.41, 5.74) is 4.48. The number of aromatic nitrogens is 3. The zero-order valence-corrected chi connectivity index (χ0v) is 16.8. The lowest BCUT2D eigenvalue weighted by Crippen LogP contribution is -2.36. The van der Waals surface area contributed by atoms with Crippen molar-refractivity contribution in [3.05, 3.63) is 58.2 Å². The second-order valence-electron chi connectivity index (χ2n) is 7.33. The lowest BCUT2D eigenvalue weighted by Gasteiger charge is -2.30. The first-order chi connectivity index (χ1) is 13.2. The second-order valence-corrected chi connectivity index (χ2v) is 8.25. The summed E-state index contributed by atoms with van der Waals surface area (Å²) in [4.78, 5) is 16.5. The number of benzene rings is 1. The molecule has 0 radical (unpaired) electrons. The van der Waals surface area contributed by atoms with Gasteiger partial charge in [-0.3, -0.25) is 4.98 Å². The number of morpholine rings is 1. The van der Waals surface area contributed by atoms with Gasteiger partial charge in [0.05, 0.1) is 18.7 Å². The van der Waals surface area contributed by atoms with Gasteiger partial charge in [-0.15, -0.1) is 0 Å². The van der Waals surface area contributed by atoms with Gasteiger partial charge in [0.2, 0.25) is 0 Å². The summed E-state index contributed by atoms with van der Waals surface area (Å²) in [7, 11) is 0. The van der Waals surface area contributed by atoms with Crippen LogP contribution in [0.3, 0.4) is 0 Å². The molecule has 1 aliphatic heterocycles. The summed E-state index contributed by atoms with van der Waals surface area (Å²) in [5, 5.41) is 1.20. The molecule has 2 aromatic heterocycles. The van der Waals surface area contributed by atoms with E-state index in [9.17, 15) is 0 Å². The number of rotatable bonds is 3. The van der Waals surface area contributed by atoms with Gasteiger partial charge < -0.3 is 9.64 Å². The maximum atomic E-state index is 5.55. The van der Waals surface area contributed by atoms with Crippen molar-refractivity contribution in [2.45, 2.75) is 25.2 Å². The molecule has 0 unspecified atom stereocenters. The third-order valence-electron chi connectivity index (χ3n) is 5.44. The molecule has 1 aliphatic carbocycles.